The maximum Gasteiger partial charge on any atom is 0.252 e. The summed E-state index contributed by atoms with van der Waals surface area (Å²) in [5.41, 5.74) is 1.70. The molecule has 0 spiro atoms. The van der Waals surface area contributed by atoms with E-state index in [1.165, 1.54) is 6.92 Å². The SMILES string of the molecule is CC(=O)Nc1ccc(NC(=S)N[C@@H](NC(=O)c2ccc(I)cc2)C(Cl)(Cl)Cl)cc1. The van der Waals surface area contributed by atoms with Gasteiger partial charge >= 0.3 is 0 Å². The molecule has 4 N–H and O–H groups in total. The average Bonchev–Trinajstić information content (AvgIpc) is 2.62. The summed E-state index contributed by atoms with van der Waals surface area (Å²) in [4.78, 5) is 23.5. The van der Waals surface area contributed by atoms with E-state index >= 15 is 0 Å². The molecule has 0 radical (unpaired) electrons. The number of carbonyl (C=O) groups excluding carboxylic acids is 2. The van der Waals surface area contributed by atoms with Crippen LogP contribution in [0.2, 0.25) is 0 Å². The predicted molar refractivity (Wildman–Crippen MR) is 131 cm³/mol. The van der Waals surface area contributed by atoms with Gasteiger partial charge in [-0.3, -0.25) is 9.59 Å². The molecule has 11 heteroatoms. The molecule has 29 heavy (non-hydrogen) atoms. The van der Waals surface area contributed by atoms with Crippen LogP contribution < -0.4 is 21.3 Å². The van der Waals surface area contributed by atoms with Crippen molar-refractivity contribution in [2.75, 3.05) is 10.6 Å². The normalized spacial score (nSPS) is 11.9. The van der Waals surface area contributed by atoms with Crippen molar-refractivity contribution in [1.82, 2.24) is 10.6 Å². The summed E-state index contributed by atoms with van der Waals surface area (Å²) in [5, 5.41) is 11.1. The molecule has 154 valence electrons. The third-order valence-electron chi connectivity index (χ3n) is 3.45. The Morgan fingerprint density at radius 3 is 1.93 bits per heavy atom. The number of halogens is 4. The van der Waals surface area contributed by atoms with Crippen molar-refractivity contribution in [3.05, 3.63) is 57.7 Å². The van der Waals surface area contributed by atoms with Gasteiger partial charge in [-0.15, -0.1) is 0 Å². The van der Waals surface area contributed by atoms with Crippen LogP contribution in [0.4, 0.5) is 11.4 Å². The van der Waals surface area contributed by atoms with Crippen molar-refractivity contribution in [1.29, 1.82) is 0 Å². The maximum atomic E-state index is 12.5. The van der Waals surface area contributed by atoms with E-state index < -0.39 is 15.9 Å². The topological polar surface area (TPSA) is 82.3 Å². The molecule has 2 aromatic rings. The van der Waals surface area contributed by atoms with Crippen molar-refractivity contribution < 1.29 is 9.59 Å². The van der Waals surface area contributed by atoms with Crippen LogP contribution in [0.3, 0.4) is 0 Å². The maximum absolute atomic E-state index is 12.5. The van der Waals surface area contributed by atoms with E-state index in [0.29, 0.717) is 16.9 Å². The van der Waals surface area contributed by atoms with Crippen LogP contribution >= 0.6 is 69.6 Å². The minimum absolute atomic E-state index is 0.136. The van der Waals surface area contributed by atoms with Crippen LogP contribution in [-0.4, -0.2) is 26.9 Å². The Morgan fingerprint density at radius 2 is 1.45 bits per heavy atom. The zero-order valence-corrected chi connectivity index (χ0v) is 20.2. The second-order valence-electron chi connectivity index (χ2n) is 5.81. The van der Waals surface area contributed by atoms with Gasteiger partial charge in [-0.2, -0.15) is 0 Å². The van der Waals surface area contributed by atoms with Crippen LogP contribution in [0, 0.1) is 3.57 Å². The third kappa shape index (κ3) is 8.13. The summed E-state index contributed by atoms with van der Waals surface area (Å²) >= 11 is 25.4. The van der Waals surface area contributed by atoms with Gasteiger partial charge in [0.25, 0.3) is 5.91 Å². The summed E-state index contributed by atoms with van der Waals surface area (Å²) in [6, 6.07) is 13.8. The Hall–Kier alpha value is -1.33. The second-order valence-corrected chi connectivity index (χ2v) is 9.83. The number of thiocarbonyl (C=S) groups is 1. The lowest BCUT2D eigenvalue weighted by molar-refractivity contribution is -0.114. The van der Waals surface area contributed by atoms with E-state index in [4.69, 9.17) is 47.0 Å². The molecule has 6 nitrogen and oxygen atoms in total. The molecular formula is C18H16Cl3IN4O2S. The quantitative estimate of drug-likeness (QED) is 0.178. The zero-order chi connectivity index (χ0) is 21.6. The van der Waals surface area contributed by atoms with Gasteiger partial charge in [0.15, 0.2) is 5.11 Å². The molecule has 0 bridgehead atoms. The van der Waals surface area contributed by atoms with E-state index in [1.54, 1.807) is 48.5 Å². The van der Waals surface area contributed by atoms with Crippen molar-refractivity contribution in [2.45, 2.75) is 16.9 Å². The highest BCUT2D eigenvalue weighted by Gasteiger charge is 2.34. The zero-order valence-electron chi connectivity index (χ0n) is 14.9. The minimum atomic E-state index is -1.86. The Bertz CT molecular complexity index is 889. The van der Waals surface area contributed by atoms with E-state index in [-0.39, 0.29) is 11.0 Å². The van der Waals surface area contributed by atoms with Gasteiger partial charge in [-0.1, -0.05) is 34.8 Å². The van der Waals surface area contributed by atoms with E-state index in [0.717, 1.165) is 3.57 Å². The molecule has 0 saturated heterocycles. The molecule has 0 aliphatic carbocycles. The van der Waals surface area contributed by atoms with E-state index in [1.807, 2.05) is 0 Å². The molecule has 0 fully saturated rings. The monoisotopic (exact) mass is 584 g/mol. The molecule has 2 amide bonds. The molecule has 0 unspecified atom stereocenters. The summed E-state index contributed by atoms with van der Waals surface area (Å²) in [6.07, 6.45) is -1.09. The first kappa shape index (κ1) is 23.9. The van der Waals surface area contributed by atoms with Crippen LogP contribution in [-0.2, 0) is 4.79 Å². The van der Waals surface area contributed by atoms with Crippen LogP contribution in [0.1, 0.15) is 17.3 Å². The fourth-order valence-corrected chi connectivity index (χ4v) is 3.08. The number of rotatable bonds is 5. The molecule has 0 saturated carbocycles. The minimum Gasteiger partial charge on any atom is -0.339 e. The molecule has 2 aromatic carbocycles. The summed E-state index contributed by atoms with van der Waals surface area (Å²) in [6.45, 7) is 1.42. The first-order chi connectivity index (χ1) is 13.5. The standard InChI is InChI=1S/C18H16Cl3IN4O2S/c1-10(27)23-13-6-8-14(9-7-13)24-17(29)26-16(18(19,20)21)25-15(28)11-2-4-12(22)5-3-11/h2-9,16H,1H3,(H,23,27)(H,25,28)(H2,24,26,29)/t16-/m1/s1. The number of nitrogens with one attached hydrogen (secondary N) is 4. The summed E-state index contributed by atoms with van der Waals surface area (Å²) < 4.78 is -0.870. The Kier molecular flexibility index (Phi) is 8.77. The van der Waals surface area contributed by atoms with Gasteiger partial charge in [0, 0.05) is 27.4 Å². The first-order valence-electron chi connectivity index (χ1n) is 8.13. The average molecular weight is 586 g/mol. The molecule has 0 aliphatic heterocycles. The lowest BCUT2D eigenvalue weighted by Gasteiger charge is -2.27. The third-order valence-corrected chi connectivity index (χ3v) is 5.04. The number of benzene rings is 2. The molecule has 2 rings (SSSR count). The van der Waals surface area contributed by atoms with Crippen molar-refractivity contribution >= 4 is 97.9 Å². The van der Waals surface area contributed by atoms with Gasteiger partial charge in [-0.25, -0.2) is 0 Å². The van der Waals surface area contributed by atoms with E-state index in [9.17, 15) is 9.59 Å². The fraction of sp³-hybridized carbons (Fsp3) is 0.167. The highest BCUT2D eigenvalue weighted by molar-refractivity contribution is 14.1. The highest BCUT2D eigenvalue weighted by Crippen LogP contribution is 2.29. The number of anilines is 2. The highest BCUT2D eigenvalue weighted by atomic mass is 127. The van der Waals surface area contributed by atoms with Crippen molar-refractivity contribution in [3.8, 4) is 0 Å². The number of alkyl halides is 3. The van der Waals surface area contributed by atoms with Gasteiger partial charge in [0.1, 0.15) is 6.17 Å². The van der Waals surface area contributed by atoms with Gasteiger partial charge in [0.05, 0.1) is 0 Å². The number of amides is 2. The predicted octanol–water partition coefficient (Wildman–Crippen LogP) is 4.66. The summed E-state index contributed by atoms with van der Waals surface area (Å²) in [5.74, 6) is -0.593. The van der Waals surface area contributed by atoms with Crippen LogP contribution in [0.25, 0.3) is 0 Å². The molecule has 0 aliphatic rings. The Labute approximate surface area is 202 Å². The second kappa shape index (κ2) is 10.6. The van der Waals surface area contributed by atoms with Gasteiger partial charge in [-0.05, 0) is 83.3 Å². The lowest BCUT2D eigenvalue weighted by atomic mass is 10.2. The molecular weight excluding hydrogens is 570 g/mol. The molecule has 0 heterocycles. The molecule has 0 aromatic heterocycles. The first-order valence-corrected chi connectivity index (χ1v) is 10.7. The fourth-order valence-electron chi connectivity index (χ4n) is 2.15. The Balaban J connectivity index is 2.02. The number of carbonyl (C=O) groups is 2. The number of hydrogen-bond acceptors (Lipinski definition) is 3. The lowest BCUT2D eigenvalue weighted by Crippen LogP contribution is -2.56. The van der Waals surface area contributed by atoms with Crippen molar-refractivity contribution in [2.24, 2.45) is 0 Å². The van der Waals surface area contributed by atoms with Gasteiger partial charge in [0.2, 0.25) is 9.70 Å². The largest absolute Gasteiger partial charge is 0.339 e. The smallest absolute Gasteiger partial charge is 0.252 e. The van der Waals surface area contributed by atoms with Crippen LogP contribution in [0.15, 0.2) is 48.5 Å². The van der Waals surface area contributed by atoms with E-state index in [2.05, 4.69) is 43.9 Å². The van der Waals surface area contributed by atoms with Gasteiger partial charge < -0.3 is 21.3 Å². The summed E-state index contributed by atoms with van der Waals surface area (Å²) in [7, 11) is 0. The molecule has 1 atom stereocenters. The van der Waals surface area contributed by atoms with Crippen molar-refractivity contribution in [3.63, 3.8) is 0 Å². The Morgan fingerprint density at radius 1 is 0.931 bits per heavy atom. The number of hydrogen-bond donors (Lipinski definition) is 4. The van der Waals surface area contributed by atoms with Crippen LogP contribution in [0.5, 0.6) is 0 Å².